The number of aromatic nitrogens is 4. The van der Waals surface area contributed by atoms with E-state index in [1.54, 1.807) is 0 Å². The van der Waals surface area contributed by atoms with E-state index in [9.17, 15) is 9.59 Å². The molecule has 11 rings (SSSR count). The van der Waals surface area contributed by atoms with Crippen molar-refractivity contribution in [2.45, 2.75) is 127 Å². The number of rotatable bonds is 8. The maximum atomic E-state index is 13.9. The summed E-state index contributed by atoms with van der Waals surface area (Å²) >= 11 is 0. The standard InChI is InChI=1S/C53H67N11O3/c1-35-8-15-47(52(65)57-35)63-33-40-32-39(11-14-46(40)36(63)2)37-16-24-59(25-17-37)41-18-28-61(29-19-41)53(66)62-30-20-42(21-31-62)60-26-22-43(23-27-60)64-51-48(50(54)55-34-56-51)49(58-64)38-9-12-45(13-10-38)67-44-6-4-3-5-7-44/h3-7,9-14,32,34-37,41-43,47H,8,15-31,33H2,1-2H3,(H,57,65)(H2,54,55,56). The zero-order valence-corrected chi connectivity index (χ0v) is 39.3. The van der Waals surface area contributed by atoms with Gasteiger partial charge in [0, 0.05) is 75.5 Å². The van der Waals surface area contributed by atoms with E-state index < -0.39 is 0 Å². The van der Waals surface area contributed by atoms with Crippen molar-refractivity contribution in [3.05, 3.63) is 95.8 Å². The second kappa shape index (κ2) is 18.8. The number of para-hydroxylation sites is 1. The molecule has 3 atom stereocenters. The van der Waals surface area contributed by atoms with E-state index in [4.69, 9.17) is 20.6 Å². The maximum absolute atomic E-state index is 13.9. The summed E-state index contributed by atoms with van der Waals surface area (Å²) in [5.41, 5.74) is 13.3. The molecule has 3 amide bonds. The van der Waals surface area contributed by atoms with Crippen LogP contribution >= 0.6 is 0 Å². The minimum absolute atomic E-state index is 0.0253. The minimum Gasteiger partial charge on any atom is -0.457 e. The van der Waals surface area contributed by atoms with Crippen LogP contribution in [0.3, 0.4) is 0 Å². The van der Waals surface area contributed by atoms with Crippen molar-refractivity contribution in [3.63, 3.8) is 0 Å². The molecule has 14 nitrogen and oxygen atoms in total. The van der Waals surface area contributed by atoms with Gasteiger partial charge in [0.1, 0.15) is 29.3 Å². The highest BCUT2D eigenvalue weighted by atomic mass is 16.5. The second-order valence-electron chi connectivity index (χ2n) is 20.3. The molecule has 6 aliphatic heterocycles. The first kappa shape index (κ1) is 44.0. The van der Waals surface area contributed by atoms with Crippen LogP contribution in [-0.2, 0) is 11.3 Å². The molecule has 2 aromatic heterocycles. The van der Waals surface area contributed by atoms with Crippen molar-refractivity contribution in [3.8, 4) is 22.8 Å². The predicted molar refractivity (Wildman–Crippen MR) is 261 cm³/mol. The molecule has 3 unspecified atom stereocenters. The molecule has 352 valence electrons. The van der Waals surface area contributed by atoms with Gasteiger partial charge in [-0.15, -0.1) is 0 Å². The molecule has 5 saturated heterocycles. The predicted octanol–water partition coefficient (Wildman–Crippen LogP) is 7.98. The summed E-state index contributed by atoms with van der Waals surface area (Å²) in [7, 11) is 0. The van der Waals surface area contributed by atoms with Gasteiger partial charge in [-0.1, -0.05) is 36.4 Å². The van der Waals surface area contributed by atoms with Crippen molar-refractivity contribution >= 4 is 28.8 Å². The summed E-state index contributed by atoms with van der Waals surface area (Å²) in [6, 6.07) is 26.9. The number of urea groups is 1. The Morgan fingerprint density at radius 1 is 0.701 bits per heavy atom. The van der Waals surface area contributed by atoms with Crippen molar-refractivity contribution in [1.29, 1.82) is 0 Å². The largest absolute Gasteiger partial charge is 0.457 e. The van der Waals surface area contributed by atoms with E-state index in [0.717, 1.165) is 144 Å². The van der Waals surface area contributed by atoms with Crippen molar-refractivity contribution < 1.29 is 14.3 Å². The molecule has 8 heterocycles. The van der Waals surface area contributed by atoms with Gasteiger partial charge in [0.15, 0.2) is 5.65 Å². The Labute approximate surface area is 394 Å². The van der Waals surface area contributed by atoms with Crippen LogP contribution in [0, 0.1) is 0 Å². The zero-order valence-electron chi connectivity index (χ0n) is 39.3. The highest BCUT2D eigenvalue weighted by Crippen LogP contribution is 2.41. The summed E-state index contributed by atoms with van der Waals surface area (Å²) < 4.78 is 8.12. The maximum Gasteiger partial charge on any atom is 0.320 e. The molecule has 14 heteroatoms. The van der Waals surface area contributed by atoms with Crippen LogP contribution in [0.4, 0.5) is 10.6 Å². The molecule has 5 aromatic rings. The number of anilines is 1. The number of hydrogen-bond acceptors (Lipinski definition) is 10. The van der Waals surface area contributed by atoms with E-state index in [0.29, 0.717) is 23.8 Å². The fourth-order valence-electron chi connectivity index (χ4n) is 12.5. The summed E-state index contributed by atoms with van der Waals surface area (Å²) in [6.07, 6.45) is 12.0. The Hall–Kier alpha value is -5.57. The quantitative estimate of drug-likeness (QED) is 0.158. The summed E-state index contributed by atoms with van der Waals surface area (Å²) in [4.78, 5) is 47.8. The van der Waals surface area contributed by atoms with Crippen LogP contribution in [0.2, 0.25) is 0 Å². The zero-order chi connectivity index (χ0) is 45.6. The molecule has 67 heavy (non-hydrogen) atoms. The lowest BCUT2D eigenvalue weighted by Gasteiger charge is -2.45. The molecule has 0 spiro atoms. The third kappa shape index (κ3) is 8.88. The Morgan fingerprint density at radius 3 is 1.99 bits per heavy atom. The number of fused-ring (bicyclic) bond motifs is 2. The Morgan fingerprint density at radius 2 is 1.33 bits per heavy atom. The molecular weight excluding hydrogens is 839 g/mol. The minimum atomic E-state index is -0.0253. The lowest BCUT2D eigenvalue weighted by atomic mass is 9.86. The molecule has 6 aliphatic rings. The number of nitrogens with two attached hydrogens (primary N) is 1. The van der Waals surface area contributed by atoms with Gasteiger partial charge >= 0.3 is 6.03 Å². The van der Waals surface area contributed by atoms with Crippen molar-refractivity contribution in [1.82, 2.24) is 49.6 Å². The number of carbonyl (C=O) groups excluding carboxylic acids is 2. The van der Waals surface area contributed by atoms with E-state index >= 15 is 0 Å². The number of carbonyl (C=O) groups is 2. The molecular formula is C53H67N11O3. The van der Waals surface area contributed by atoms with Crippen LogP contribution in [0.5, 0.6) is 11.5 Å². The van der Waals surface area contributed by atoms with Crippen LogP contribution < -0.4 is 15.8 Å². The lowest BCUT2D eigenvalue weighted by molar-refractivity contribution is -0.130. The number of benzene rings is 3. The van der Waals surface area contributed by atoms with Crippen LogP contribution in [0.15, 0.2) is 79.1 Å². The molecule has 3 aromatic carbocycles. The van der Waals surface area contributed by atoms with E-state index in [-0.39, 0.29) is 36.1 Å². The Kier molecular flexibility index (Phi) is 12.4. The van der Waals surface area contributed by atoms with Gasteiger partial charge in [0.25, 0.3) is 0 Å². The van der Waals surface area contributed by atoms with Crippen LogP contribution in [0.1, 0.15) is 113 Å². The van der Waals surface area contributed by atoms with Crippen LogP contribution in [-0.4, -0.2) is 133 Å². The molecule has 0 radical (unpaired) electrons. The topological polar surface area (TPSA) is 141 Å². The third-order valence-electron chi connectivity index (χ3n) is 16.4. The fraction of sp³-hybridized carbons (Fsp3) is 0.528. The van der Waals surface area contributed by atoms with E-state index in [1.807, 2.05) is 54.6 Å². The number of nitrogens with one attached hydrogen (secondary N) is 1. The lowest BCUT2D eigenvalue weighted by Crippen LogP contribution is -2.54. The van der Waals surface area contributed by atoms with Gasteiger partial charge < -0.3 is 35.4 Å². The second-order valence-corrected chi connectivity index (χ2v) is 20.3. The smallest absolute Gasteiger partial charge is 0.320 e. The van der Waals surface area contributed by atoms with Crippen LogP contribution in [0.25, 0.3) is 22.3 Å². The molecule has 0 bridgehead atoms. The Balaban J connectivity index is 0.628. The van der Waals surface area contributed by atoms with Gasteiger partial charge in [-0.2, -0.15) is 5.10 Å². The number of nitrogen functional groups attached to an aromatic ring is 1. The number of hydrogen-bond donors (Lipinski definition) is 2. The first-order valence-electron chi connectivity index (χ1n) is 25.3. The number of likely N-dealkylation sites (tertiary alicyclic amines) is 4. The summed E-state index contributed by atoms with van der Waals surface area (Å²) in [6.45, 7) is 12.8. The highest BCUT2D eigenvalue weighted by Gasteiger charge is 2.39. The summed E-state index contributed by atoms with van der Waals surface area (Å²) in [5, 5.41) is 9.13. The number of amides is 3. The van der Waals surface area contributed by atoms with E-state index in [2.05, 4.69) is 71.5 Å². The molecule has 0 aliphatic carbocycles. The van der Waals surface area contributed by atoms with Gasteiger partial charge in [-0.05, 0) is 150 Å². The normalized spacial score (nSPS) is 24.6. The molecule has 0 saturated carbocycles. The Bertz CT molecular complexity index is 2540. The first-order valence-corrected chi connectivity index (χ1v) is 25.3. The summed E-state index contributed by atoms with van der Waals surface area (Å²) in [5.74, 6) is 2.76. The average molecular weight is 906 g/mol. The van der Waals surface area contributed by atoms with Crippen molar-refractivity contribution in [2.75, 3.05) is 58.1 Å². The average Bonchev–Trinajstić information content (AvgIpc) is 3.92. The van der Waals surface area contributed by atoms with Crippen molar-refractivity contribution in [2.24, 2.45) is 0 Å². The fourth-order valence-corrected chi connectivity index (χ4v) is 12.5. The number of ether oxygens (including phenoxy) is 1. The number of nitrogens with zero attached hydrogens (tertiary/aromatic N) is 9. The number of piperidine rings is 5. The molecule has 5 fully saturated rings. The highest BCUT2D eigenvalue weighted by molar-refractivity contribution is 5.98. The molecule has 3 N–H and O–H groups in total. The van der Waals surface area contributed by atoms with E-state index in [1.165, 1.54) is 35.9 Å². The van der Waals surface area contributed by atoms with Gasteiger partial charge in [-0.3, -0.25) is 9.69 Å². The third-order valence-corrected chi connectivity index (χ3v) is 16.4. The first-order chi connectivity index (χ1) is 32.7. The van der Waals surface area contributed by atoms with Gasteiger partial charge in [0.2, 0.25) is 5.91 Å². The van der Waals surface area contributed by atoms with Gasteiger partial charge in [0.05, 0.1) is 17.5 Å². The SMILES string of the molecule is CC1CCC(N2Cc3cc(C4CCN(C5CCN(C(=O)N6CCC(N7CCC(n8nc(-c9ccc(Oc%10ccccc%10)cc9)c9c(N)ncnc98)CC7)CC6)CC5)CC4)ccc3C2C)C(=O)N1. The monoisotopic (exact) mass is 906 g/mol. The van der Waals surface area contributed by atoms with Gasteiger partial charge in [-0.25, -0.2) is 19.4 Å².